The zero-order chi connectivity index (χ0) is 20.6. The third-order valence-corrected chi connectivity index (χ3v) is 4.46. The van der Waals surface area contributed by atoms with E-state index in [1.54, 1.807) is 42.5 Å². The summed E-state index contributed by atoms with van der Waals surface area (Å²) in [6.45, 7) is 0.462. The van der Waals surface area contributed by atoms with Gasteiger partial charge >= 0.3 is 0 Å². The maximum absolute atomic E-state index is 12.4. The molecule has 0 atom stereocenters. The molecule has 2 amide bonds. The molecule has 3 rings (SSSR count). The molecule has 5 nitrogen and oxygen atoms in total. The number of hydrogen-bond donors (Lipinski definition) is 3. The molecule has 0 unspecified atom stereocenters. The van der Waals surface area contributed by atoms with Crippen molar-refractivity contribution in [3.05, 3.63) is 94.0 Å². The van der Waals surface area contributed by atoms with E-state index in [0.717, 1.165) is 5.56 Å². The normalized spacial score (nSPS) is 10.3. The molecule has 3 N–H and O–H groups in total. The Bertz CT molecular complexity index is 990. The molecule has 0 fully saturated rings. The van der Waals surface area contributed by atoms with E-state index in [1.807, 2.05) is 30.3 Å². The Morgan fingerprint density at radius 1 is 0.793 bits per heavy atom. The van der Waals surface area contributed by atoms with Crippen LogP contribution in [0.3, 0.4) is 0 Å². The van der Waals surface area contributed by atoms with Crippen LogP contribution in [0.25, 0.3) is 0 Å². The van der Waals surface area contributed by atoms with Crippen LogP contribution in [0.1, 0.15) is 15.9 Å². The van der Waals surface area contributed by atoms with Crippen LogP contribution >= 0.6 is 23.2 Å². The van der Waals surface area contributed by atoms with Crippen LogP contribution in [0.15, 0.2) is 72.8 Å². The number of benzene rings is 3. The highest BCUT2D eigenvalue weighted by Gasteiger charge is 2.08. The second-order valence-corrected chi connectivity index (χ2v) is 7.18. The summed E-state index contributed by atoms with van der Waals surface area (Å²) in [6, 6.07) is 21.4. The monoisotopic (exact) mass is 427 g/mol. The fourth-order valence-electron chi connectivity index (χ4n) is 2.66. The van der Waals surface area contributed by atoms with E-state index < -0.39 is 0 Å². The standard InChI is InChI=1S/C22H19Cl2N3O2/c23-17-10-18(24)12-20(11-17)25-14-21(28)27-19-8-4-7-16(9-19)22(29)26-13-15-5-2-1-3-6-15/h1-12,25H,13-14H2,(H,26,29)(H,27,28). The van der Waals surface area contributed by atoms with E-state index in [-0.39, 0.29) is 18.4 Å². The highest BCUT2D eigenvalue weighted by atomic mass is 35.5. The van der Waals surface area contributed by atoms with Crippen LogP contribution in [0, 0.1) is 0 Å². The van der Waals surface area contributed by atoms with Gasteiger partial charge in [-0.05, 0) is 42.0 Å². The summed E-state index contributed by atoms with van der Waals surface area (Å²) < 4.78 is 0. The number of halogens is 2. The molecule has 0 radical (unpaired) electrons. The minimum Gasteiger partial charge on any atom is -0.376 e. The second-order valence-electron chi connectivity index (χ2n) is 6.31. The summed E-state index contributed by atoms with van der Waals surface area (Å²) in [5, 5.41) is 9.55. The van der Waals surface area contributed by atoms with Crippen molar-refractivity contribution >= 4 is 46.4 Å². The molecule has 29 heavy (non-hydrogen) atoms. The van der Waals surface area contributed by atoms with Gasteiger partial charge in [-0.25, -0.2) is 0 Å². The lowest BCUT2D eigenvalue weighted by Gasteiger charge is -2.10. The highest BCUT2D eigenvalue weighted by molar-refractivity contribution is 6.35. The average molecular weight is 428 g/mol. The maximum Gasteiger partial charge on any atom is 0.251 e. The second kappa shape index (κ2) is 9.96. The topological polar surface area (TPSA) is 70.2 Å². The first-order valence-corrected chi connectivity index (χ1v) is 9.67. The lowest BCUT2D eigenvalue weighted by Crippen LogP contribution is -2.24. The van der Waals surface area contributed by atoms with Crippen molar-refractivity contribution in [2.75, 3.05) is 17.2 Å². The van der Waals surface area contributed by atoms with Gasteiger partial charge in [-0.15, -0.1) is 0 Å². The Morgan fingerprint density at radius 2 is 1.52 bits per heavy atom. The third-order valence-electron chi connectivity index (χ3n) is 4.02. The molecule has 0 bridgehead atoms. The lowest BCUT2D eigenvalue weighted by atomic mass is 10.1. The van der Waals surface area contributed by atoms with Gasteiger partial charge in [-0.3, -0.25) is 9.59 Å². The van der Waals surface area contributed by atoms with E-state index >= 15 is 0 Å². The molecule has 0 aliphatic rings. The first kappa shape index (κ1) is 20.7. The van der Waals surface area contributed by atoms with Crippen LogP contribution in [0.4, 0.5) is 11.4 Å². The van der Waals surface area contributed by atoms with Crippen molar-refractivity contribution in [3.8, 4) is 0 Å². The van der Waals surface area contributed by atoms with E-state index in [2.05, 4.69) is 16.0 Å². The number of rotatable bonds is 7. The molecule has 3 aromatic rings. The van der Waals surface area contributed by atoms with Crippen molar-refractivity contribution in [1.82, 2.24) is 5.32 Å². The highest BCUT2D eigenvalue weighted by Crippen LogP contribution is 2.22. The predicted molar refractivity (Wildman–Crippen MR) is 118 cm³/mol. The van der Waals surface area contributed by atoms with Gasteiger partial charge in [0.25, 0.3) is 5.91 Å². The molecular formula is C22H19Cl2N3O2. The quantitative estimate of drug-likeness (QED) is 0.498. The minimum atomic E-state index is -0.261. The third kappa shape index (κ3) is 6.52. The lowest BCUT2D eigenvalue weighted by molar-refractivity contribution is -0.114. The van der Waals surface area contributed by atoms with Gasteiger partial charge in [0.2, 0.25) is 5.91 Å². The molecule has 0 aliphatic heterocycles. The van der Waals surface area contributed by atoms with Crippen molar-refractivity contribution in [2.24, 2.45) is 0 Å². The van der Waals surface area contributed by atoms with Crippen molar-refractivity contribution in [1.29, 1.82) is 0 Å². The number of carbonyl (C=O) groups is 2. The summed E-state index contributed by atoms with van der Waals surface area (Å²) in [5.74, 6) is -0.473. The van der Waals surface area contributed by atoms with E-state index in [1.165, 1.54) is 0 Å². The Balaban J connectivity index is 1.54. The largest absolute Gasteiger partial charge is 0.376 e. The number of nitrogens with one attached hydrogen (secondary N) is 3. The molecule has 0 saturated carbocycles. The summed E-state index contributed by atoms with van der Waals surface area (Å²) in [7, 11) is 0. The van der Waals surface area contributed by atoms with Gasteiger partial charge in [0.15, 0.2) is 0 Å². The summed E-state index contributed by atoms with van der Waals surface area (Å²) in [6.07, 6.45) is 0. The zero-order valence-corrected chi connectivity index (χ0v) is 16.9. The molecule has 3 aromatic carbocycles. The smallest absolute Gasteiger partial charge is 0.251 e. The fraction of sp³-hybridized carbons (Fsp3) is 0.0909. The van der Waals surface area contributed by atoms with Crippen LogP contribution in [-0.2, 0) is 11.3 Å². The van der Waals surface area contributed by atoms with Crippen molar-refractivity contribution in [2.45, 2.75) is 6.54 Å². The molecule has 0 heterocycles. The first-order chi connectivity index (χ1) is 14.0. The van der Waals surface area contributed by atoms with Gasteiger partial charge in [0.05, 0.1) is 6.54 Å². The average Bonchev–Trinajstić information content (AvgIpc) is 2.71. The van der Waals surface area contributed by atoms with Crippen LogP contribution in [0.5, 0.6) is 0 Å². The summed E-state index contributed by atoms with van der Waals surface area (Å²) in [5.41, 5.74) is 2.66. The Hall–Kier alpha value is -3.02. The van der Waals surface area contributed by atoms with E-state index in [4.69, 9.17) is 23.2 Å². The minimum absolute atomic E-state index is 0.0289. The molecule has 0 aliphatic carbocycles. The van der Waals surface area contributed by atoms with Gasteiger partial charge in [-0.1, -0.05) is 59.6 Å². The van der Waals surface area contributed by atoms with Gasteiger partial charge in [-0.2, -0.15) is 0 Å². The number of amides is 2. The van der Waals surface area contributed by atoms with Crippen LogP contribution < -0.4 is 16.0 Å². The SMILES string of the molecule is O=C(CNc1cc(Cl)cc(Cl)c1)Nc1cccc(C(=O)NCc2ccccc2)c1. The van der Waals surface area contributed by atoms with Gasteiger partial charge in [0, 0.05) is 33.5 Å². The predicted octanol–water partition coefficient (Wildman–Crippen LogP) is 4.97. The van der Waals surface area contributed by atoms with Gasteiger partial charge < -0.3 is 16.0 Å². The van der Waals surface area contributed by atoms with E-state index in [9.17, 15) is 9.59 Å². The molecular weight excluding hydrogens is 409 g/mol. The number of hydrogen-bond acceptors (Lipinski definition) is 3. The zero-order valence-electron chi connectivity index (χ0n) is 15.4. The molecule has 0 saturated heterocycles. The van der Waals surface area contributed by atoms with Crippen LogP contribution in [0.2, 0.25) is 10.0 Å². The van der Waals surface area contributed by atoms with Crippen LogP contribution in [-0.4, -0.2) is 18.4 Å². The Labute approximate surface area is 179 Å². The first-order valence-electron chi connectivity index (χ1n) is 8.91. The fourth-order valence-corrected chi connectivity index (χ4v) is 3.19. The summed E-state index contributed by atoms with van der Waals surface area (Å²) >= 11 is 11.9. The molecule has 7 heteroatoms. The van der Waals surface area contributed by atoms with Crippen molar-refractivity contribution in [3.63, 3.8) is 0 Å². The van der Waals surface area contributed by atoms with Gasteiger partial charge in [0.1, 0.15) is 0 Å². The molecule has 0 aromatic heterocycles. The van der Waals surface area contributed by atoms with Crippen molar-refractivity contribution < 1.29 is 9.59 Å². The molecule has 0 spiro atoms. The molecule has 148 valence electrons. The Kier molecular flexibility index (Phi) is 7.11. The number of carbonyl (C=O) groups excluding carboxylic acids is 2. The maximum atomic E-state index is 12.4. The summed E-state index contributed by atoms with van der Waals surface area (Å²) in [4.78, 5) is 24.6. The Morgan fingerprint density at radius 3 is 2.24 bits per heavy atom. The number of anilines is 2. The van der Waals surface area contributed by atoms with E-state index in [0.29, 0.717) is 33.5 Å².